The zero-order valence-corrected chi connectivity index (χ0v) is 11.1. The van der Waals surface area contributed by atoms with Gasteiger partial charge in [0.15, 0.2) is 0 Å². The van der Waals surface area contributed by atoms with Gasteiger partial charge in [-0.2, -0.15) is 0 Å². The van der Waals surface area contributed by atoms with Gasteiger partial charge in [-0.25, -0.2) is 0 Å². The minimum absolute atomic E-state index is 0.153. The lowest BCUT2D eigenvalue weighted by Crippen LogP contribution is -2.26. The van der Waals surface area contributed by atoms with Gasteiger partial charge in [-0.05, 0) is 25.5 Å². The first-order valence-electron chi connectivity index (χ1n) is 6.34. The Balaban J connectivity index is 2.56. The molecule has 0 unspecified atom stereocenters. The van der Waals surface area contributed by atoms with Crippen LogP contribution in [0.15, 0.2) is 24.3 Å². The van der Waals surface area contributed by atoms with Crippen molar-refractivity contribution >= 4 is 5.91 Å². The van der Waals surface area contributed by atoms with Crippen molar-refractivity contribution in [2.45, 2.75) is 13.3 Å². The minimum atomic E-state index is -0.218. The van der Waals surface area contributed by atoms with Gasteiger partial charge in [0.05, 0.1) is 5.56 Å². The molecule has 4 nitrogen and oxygen atoms in total. The number of ether oxygens (including phenoxy) is 1. The number of nitrogens with one attached hydrogen (secondary N) is 1. The van der Waals surface area contributed by atoms with Crippen LogP contribution in [0.2, 0.25) is 0 Å². The molecule has 102 valence electrons. The lowest BCUT2D eigenvalue weighted by molar-refractivity contribution is 0.0944. The quantitative estimate of drug-likeness (QED) is 0.597. The molecule has 0 saturated carbocycles. The van der Waals surface area contributed by atoms with Crippen LogP contribution in [0.4, 0.5) is 0 Å². The summed E-state index contributed by atoms with van der Waals surface area (Å²) in [4.78, 5) is 12.0. The summed E-state index contributed by atoms with van der Waals surface area (Å²) in [6, 6.07) is 7.09. The number of aliphatic hydroxyl groups is 1. The molecule has 1 rings (SSSR count). The molecule has 1 aromatic rings. The number of carbonyl (C=O) groups excluding carboxylic acids is 1. The van der Waals surface area contributed by atoms with E-state index in [1.165, 1.54) is 0 Å². The molecule has 19 heavy (non-hydrogen) atoms. The van der Waals surface area contributed by atoms with Crippen LogP contribution in [0.25, 0.3) is 0 Å². The predicted octanol–water partition coefficient (Wildman–Crippen LogP) is 1.19. The van der Waals surface area contributed by atoms with Crippen LogP contribution < -0.4 is 5.32 Å². The zero-order chi connectivity index (χ0) is 13.9. The van der Waals surface area contributed by atoms with E-state index >= 15 is 0 Å². The van der Waals surface area contributed by atoms with E-state index in [0.717, 1.165) is 6.42 Å². The first kappa shape index (κ1) is 15.2. The molecule has 0 fully saturated rings. The molecule has 0 radical (unpaired) electrons. The second-order valence-electron chi connectivity index (χ2n) is 3.81. The van der Waals surface area contributed by atoms with Crippen LogP contribution in [0.3, 0.4) is 0 Å². The number of hydrogen-bond donors (Lipinski definition) is 2. The molecule has 1 aromatic carbocycles. The Labute approximate surface area is 113 Å². The molecular weight excluding hydrogens is 242 g/mol. The highest BCUT2D eigenvalue weighted by atomic mass is 16.5. The highest BCUT2D eigenvalue weighted by molar-refractivity contribution is 5.96. The largest absolute Gasteiger partial charge is 0.384 e. The van der Waals surface area contributed by atoms with Gasteiger partial charge in [-0.15, -0.1) is 0 Å². The highest BCUT2D eigenvalue weighted by Gasteiger charge is 2.08. The number of benzene rings is 1. The van der Waals surface area contributed by atoms with Gasteiger partial charge in [0.1, 0.15) is 6.61 Å². The summed E-state index contributed by atoms with van der Waals surface area (Å²) in [7, 11) is 0. The first-order chi connectivity index (χ1) is 9.29. The molecule has 4 heteroatoms. The van der Waals surface area contributed by atoms with Crippen molar-refractivity contribution in [1.29, 1.82) is 0 Å². The van der Waals surface area contributed by atoms with Gasteiger partial charge >= 0.3 is 0 Å². The Kier molecular flexibility index (Phi) is 7.33. The van der Waals surface area contributed by atoms with E-state index in [1.54, 1.807) is 18.2 Å². The van der Waals surface area contributed by atoms with E-state index in [2.05, 4.69) is 17.2 Å². The smallest absolute Gasteiger partial charge is 0.252 e. The molecule has 0 aliphatic rings. The van der Waals surface area contributed by atoms with Gasteiger partial charge in [-0.3, -0.25) is 4.79 Å². The maximum atomic E-state index is 12.0. The number of rotatable bonds is 6. The average Bonchev–Trinajstić information content (AvgIpc) is 2.45. The van der Waals surface area contributed by atoms with Crippen LogP contribution in [0.5, 0.6) is 0 Å². The van der Waals surface area contributed by atoms with Crippen molar-refractivity contribution in [1.82, 2.24) is 5.32 Å². The van der Waals surface area contributed by atoms with Gasteiger partial charge in [-0.1, -0.05) is 24.0 Å². The Morgan fingerprint density at radius 1 is 1.42 bits per heavy atom. The Morgan fingerprint density at radius 3 is 2.95 bits per heavy atom. The summed E-state index contributed by atoms with van der Waals surface area (Å²) >= 11 is 0. The summed E-state index contributed by atoms with van der Waals surface area (Å²) in [5.41, 5.74) is 1.15. The van der Waals surface area contributed by atoms with E-state index in [0.29, 0.717) is 30.9 Å². The first-order valence-corrected chi connectivity index (χ1v) is 6.34. The van der Waals surface area contributed by atoms with E-state index < -0.39 is 0 Å². The zero-order valence-electron chi connectivity index (χ0n) is 11.1. The molecular formula is C15H19NO3. The van der Waals surface area contributed by atoms with Crippen molar-refractivity contribution < 1.29 is 14.6 Å². The SMILES string of the molecule is CCOCCCNC(=O)c1ccccc1C#CCO. The number of hydrogen-bond acceptors (Lipinski definition) is 3. The van der Waals surface area contributed by atoms with E-state index in [4.69, 9.17) is 9.84 Å². The molecule has 0 heterocycles. The molecule has 0 spiro atoms. The topological polar surface area (TPSA) is 58.6 Å². The highest BCUT2D eigenvalue weighted by Crippen LogP contribution is 2.07. The molecule has 2 N–H and O–H groups in total. The third-order valence-corrected chi connectivity index (χ3v) is 2.43. The lowest BCUT2D eigenvalue weighted by atomic mass is 10.1. The Bertz CT molecular complexity index is 460. The van der Waals surface area contributed by atoms with Crippen molar-refractivity contribution in [3.8, 4) is 11.8 Å². The summed E-state index contributed by atoms with van der Waals surface area (Å²) < 4.78 is 5.20. The van der Waals surface area contributed by atoms with Crippen molar-refractivity contribution in [3.05, 3.63) is 35.4 Å². The second-order valence-corrected chi connectivity index (χ2v) is 3.81. The molecule has 0 saturated heterocycles. The summed E-state index contributed by atoms with van der Waals surface area (Å²) in [6.07, 6.45) is 0.782. The number of aliphatic hydroxyl groups excluding tert-OH is 1. The van der Waals surface area contributed by atoms with E-state index in [9.17, 15) is 4.79 Å². The second kappa shape index (κ2) is 9.15. The summed E-state index contributed by atoms with van der Waals surface area (Å²) in [6.45, 7) is 3.62. The molecule has 0 aliphatic carbocycles. The van der Waals surface area contributed by atoms with E-state index in [1.807, 2.05) is 13.0 Å². The van der Waals surface area contributed by atoms with Crippen LogP contribution in [-0.4, -0.2) is 37.4 Å². The molecule has 0 bridgehead atoms. The summed E-state index contributed by atoms with van der Waals surface area (Å²) in [5.74, 6) is 5.17. The lowest BCUT2D eigenvalue weighted by Gasteiger charge is -2.07. The fourth-order valence-corrected chi connectivity index (χ4v) is 1.54. The van der Waals surface area contributed by atoms with Crippen LogP contribution in [0.1, 0.15) is 29.3 Å². The van der Waals surface area contributed by atoms with Crippen LogP contribution >= 0.6 is 0 Å². The Morgan fingerprint density at radius 2 is 2.21 bits per heavy atom. The fraction of sp³-hybridized carbons (Fsp3) is 0.400. The average molecular weight is 261 g/mol. The third kappa shape index (κ3) is 5.56. The van der Waals surface area contributed by atoms with Gasteiger partial charge < -0.3 is 15.2 Å². The molecule has 1 amide bonds. The van der Waals surface area contributed by atoms with Crippen molar-refractivity contribution in [2.24, 2.45) is 0 Å². The van der Waals surface area contributed by atoms with Gasteiger partial charge in [0.25, 0.3) is 5.91 Å². The monoisotopic (exact) mass is 261 g/mol. The fourth-order valence-electron chi connectivity index (χ4n) is 1.54. The third-order valence-electron chi connectivity index (χ3n) is 2.43. The summed E-state index contributed by atoms with van der Waals surface area (Å²) in [5, 5.41) is 11.5. The maximum Gasteiger partial charge on any atom is 0.252 e. The van der Waals surface area contributed by atoms with Crippen molar-refractivity contribution in [3.63, 3.8) is 0 Å². The predicted molar refractivity (Wildman–Crippen MR) is 73.8 cm³/mol. The van der Waals surface area contributed by atoms with Gasteiger partial charge in [0.2, 0.25) is 0 Å². The van der Waals surface area contributed by atoms with Crippen LogP contribution in [0, 0.1) is 11.8 Å². The van der Waals surface area contributed by atoms with E-state index in [-0.39, 0.29) is 12.5 Å². The molecule has 0 atom stereocenters. The maximum absolute atomic E-state index is 12.0. The van der Waals surface area contributed by atoms with Gasteiger partial charge in [0, 0.05) is 25.3 Å². The normalized spacial score (nSPS) is 9.58. The van der Waals surface area contributed by atoms with Crippen molar-refractivity contribution in [2.75, 3.05) is 26.4 Å². The minimum Gasteiger partial charge on any atom is -0.384 e. The number of amides is 1. The number of carbonyl (C=O) groups is 1. The Hall–Kier alpha value is -1.83. The standard InChI is InChI=1S/C15H19NO3/c1-2-19-12-6-10-16-15(18)14-9-4-3-7-13(14)8-5-11-17/h3-4,7,9,17H,2,6,10-12H2,1H3,(H,16,18). The molecule has 0 aliphatic heterocycles. The van der Waals surface area contributed by atoms with Crippen LogP contribution in [-0.2, 0) is 4.74 Å². The molecule has 0 aromatic heterocycles.